The highest BCUT2D eigenvalue weighted by Gasteiger charge is 2.50. The van der Waals surface area contributed by atoms with E-state index < -0.39 is 40.2 Å². The molecule has 0 fully saturated rings. The lowest BCUT2D eigenvalue weighted by Gasteiger charge is -2.29. The molecule has 1 aliphatic rings. The molecule has 162 valence electrons. The number of hydrogen-bond acceptors (Lipinski definition) is 3. The minimum Gasteiger partial charge on any atom is -0.350 e. The molecule has 0 heterocycles. The third-order valence-corrected chi connectivity index (χ3v) is 5.02. The highest BCUT2D eigenvalue weighted by Crippen LogP contribution is 2.39. The molecule has 4 nitrogen and oxygen atoms in total. The Hall–Kier alpha value is -3.22. The van der Waals surface area contributed by atoms with E-state index in [1.807, 2.05) is 0 Å². The molecule has 2 aromatic rings. The summed E-state index contributed by atoms with van der Waals surface area (Å²) in [6.07, 6.45) is -2.28. The van der Waals surface area contributed by atoms with Crippen molar-refractivity contribution in [3.8, 4) is 0 Å². The van der Waals surface area contributed by atoms with Crippen molar-refractivity contribution >= 4 is 17.5 Å². The lowest BCUT2D eigenvalue weighted by Crippen LogP contribution is -2.51. The van der Waals surface area contributed by atoms with Crippen LogP contribution < -0.4 is 5.32 Å². The quantitative estimate of drug-likeness (QED) is 0.432. The van der Waals surface area contributed by atoms with Crippen molar-refractivity contribution in [1.82, 2.24) is 5.32 Å². The predicted molar refractivity (Wildman–Crippen MR) is 110 cm³/mol. The van der Waals surface area contributed by atoms with Gasteiger partial charge in [-0.15, -0.1) is 0 Å². The SMILES string of the molecule is CC(C)(C)NC(=O)C1(/C=C/C(=O)c2cccc(C(F)(F)F)c2)Cc2ccccc2C1=O. The van der Waals surface area contributed by atoms with E-state index in [0.717, 1.165) is 24.3 Å². The Balaban J connectivity index is 1.99. The number of amides is 1. The van der Waals surface area contributed by atoms with E-state index in [1.54, 1.807) is 45.0 Å². The van der Waals surface area contributed by atoms with Gasteiger partial charge in [-0.25, -0.2) is 0 Å². The molecule has 0 radical (unpaired) electrons. The number of rotatable bonds is 4. The summed E-state index contributed by atoms with van der Waals surface area (Å²) in [4.78, 5) is 39.0. The summed E-state index contributed by atoms with van der Waals surface area (Å²) < 4.78 is 38.9. The van der Waals surface area contributed by atoms with Crippen molar-refractivity contribution in [1.29, 1.82) is 0 Å². The molecule has 31 heavy (non-hydrogen) atoms. The molecule has 1 aliphatic carbocycles. The number of allylic oxidation sites excluding steroid dienone is 1. The molecule has 1 N–H and O–H groups in total. The number of alkyl halides is 3. The molecule has 1 unspecified atom stereocenters. The zero-order chi connectivity index (χ0) is 23.0. The maximum absolute atomic E-state index is 13.2. The van der Waals surface area contributed by atoms with Gasteiger partial charge in [0.25, 0.3) is 0 Å². The van der Waals surface area contributed by atoms with Gasteiger partial charge in [-0.05, 0) is 51.0 Å². The van der Waals surface area contributed by atoms with Gasteiger partial charge in [0.1, 0.15) is 5.41 Å². The highest BCUT2D eigenvalue weighted by molar-refractivity contribution is 6.19. The van der Waals surface area contributed by atoms with Crippen LogP contribution in [0.2, 0.25) is 0 Å². The van der Waals surface area contributed by atoms with Gasteiger partial charge < -0.3 is 5.32 Å². The second-order valence-corrected chi connectivity index (χ2v) is 8.61. The van der Waals surface area contributed by atoms with Crippen LogP contribution in [0.3, 0.4) is 0 Å². The first-order valence-corrected chi connectivity index (χ1v) is 9.70. The summed E-state index contributed by atoms with van der Waals surface area (Å²) in [5, 5.41) is 2.79. The maximum Gasteiger partial charge on any atom is 0.416 e. The first-order chi connectivity index (χ1) is 14.3. The van der Waals surface area contributed by atoms with Gasteiger partial charge in [0.05, 0.1) is 5.56 Å². The fraction of sp³-hybridized carbons (Fsp3) is 0.292. The number of Topliss-reactive ketones (excluding diaryl/α,β-unsaturated/α-hetero) is 1. The molecular formula is C24H22F3NO3. The molecule has 0 saturated carbocycles. The Labute approximate surface area is 178 Å². The predicted octanol–water partition coefficient (Wildman–Crippen LogP) is 4.78. The van der Waals surface area contributed by atoms with Gasteiger partial charge in [-0.3, -0.25) is 14.4 Å². The van der Waals surface area contributed by atoms with Crippen LogP contribution in [-0.4, -0.2) is 23.0 Å². The molecule has 3 rings (SSSR count). The monoisotopic (exact) mass is 429 g/mol. The fourth-order valence-electron chi connectivity index (χ4n) is 3.53. The topological polar surface area (TPSA) is 63.2 Å². The molecule has 0 aromatic heterocycles. The summed E-state index contributed by atoms with van der Waals surface area (Å²) in [6, 6.07) is 10.8. The molecule has 1 amide bonds. The van der Waals surface area contributed by atoms with Gasteiger partial charge in [0, 0.05) is 16.7 Å². The minimum absolute atomic E-state index is 0.0658. The van der Waals surface area contributed by atoms with Crippen molar-refractivity contribution in [3.05, 3.63) is 82.9 Å². The van der Waals surface area contributed by atoms with E-state index in [9.17, 15) is 27.6 Å². The molecule has 0 bridgehead atoms. The number of fused-ring (bicyclic) bond motifs is 1. The maximum atomic E-state index is 13.2. The van der Waals surface area contributed by atoms with Crippen LogP contribution in [0.15, 0.2) is 60.7 Å². The third-order valence-electron chi connectivity index (χ3n) is 5.02. The van der Waals surface area contributed by atoms with E-state index in [-0.39, 0.29) is 12.0 Å². The van der Waals surface area contributed by atoms with Crippen molar-refractivity contribution in [2.24, 2.45) is 5.41 Å². The average Bonchev–Trinajstić information content (AvgIpc) is 2.97. The Kier molecular flexibility index (Phi) is 5.65. The van der Waals surface area contributed by atoms with Crippen molar-refractivity contribution < 1.29 is 27.6 Å². The first kappa shape index (κ1) is 22.5. The third kappa shape index (κ3) is 4.60. The molecule has 0 spiro atoms. The van der Waals surface area contributed by atoms with Gasteiger partial charge in [-0.2, -0.15) is 13.2 Å². The second kappa shape index (κ2) is 7.80. The highest BCUT2D eigenvalue weighted by atomic mass is 19.4. The number of carbonyl (C=O) groups is 3. The lowest BCUT2D eigenvalue weighted by atomic mass is 9.81. The summed E-state index contributed by atoms with van der Waals surface area (Å²) in [6.45, 7) is 5.30. The zero-order valence-corrected chi connectivity index (χ0v) is 17.3. The average molecular weight is 429 g/mol. The van der Waals surface area contributed by atoms with Crippen molar-refractivity contribution in [3.63, 3.8) is 0 Å². The van der Waals surface area contributed by atoms with Crippen LogP contribution in [0.4, 0.5) is 13.2 Å². The Morgan fingerprint density at radius 2 is 1.71 bits per heavy atom. The van der Waals surface area contributed by atoms with Crippen LogP contribution >= 0.6 is 0 Å². The number of hydrogen-bond donors (Lipinski definition) is 1. The van der Waals surface area contributed by atoms with Crippen molar-refractivity contribution in [2.45, 2.75) is 38.9 Å². The Morgan fingerprint density at radius 1 is 1.03 bits per heavy atom. The van der Waals surface area contributed by atoms with E-state index >= 15 is 0 Å². The lowest BCUT2D eigenvalue weighted by molar-refractivity contribution is -0.137. The molecule has 0 aliphatic heterocycles. The van der Waals surface area contributed by atoms with Gasteiger partial charge in [0.15, 0.2) is 11.6 Å². The minimum atomic E-state index is -4.59. The molecule has 7 heteroatoms. The molecule has 2 aromatic carbocycles. The number of ketones is 2. The second-order valence-electron chi connectivity index (χ2n) is 8.61. The van der Waals surface area contributed by atoms with Gasteiger partial charge >= 0.3 is 6.18 Å². The summed E-state index contributed by atoms with van der Waals surface area (Å²) in [5.41, 5.74) is -2.33. The number of halogens is 3. The number of nitrogens with one attached hydrogen (secondary N) is 1. The molecule has 0 saturated heterocycles. The summed E-state index contributed by atoms with van der Waals surface area (Å²) in [5.74, 6) is -1.73. The van der Waals surface area contributed by atoms with Crippen LogP contribution in [0.1, 0.15) is 52.6 Å². The largest absolute Gasteiger partial charge is 0.416 e. The van der Waals surface area contributed by atoms with Gasteiger partial charge in [-0.1, -0.05) is 42.5 Å². The molecule has 1 atom stereocenters. The summed E-state index contributed by atoms with van der Waals surface area (Å²) in [7, 11) is 0. The van der Waals surface area contributed by atoms with Crippen LogP contribution in [-0.2, 0) is 17.4 Å². The van der Waals surface area contributed by atoms with Gasteiger partial charge in [0.2, 0.25) is 5.91 Å². The van der Waals surface area contributed by atoms with Crippen LogP contribution in [0.25, 0.3) is 0 Å². The number of carbonyl (C=O) groups excluding carboxylic acids is 3. The van der Waals surface area contributed by atoms with Crippen LogP contribution in [0, 0.1) is 5.41 Å². The Bertz CT molecular complexity index is 1080. The van der Waals surface area contributed by atoms with E-state index in [4.69, 9.17) is 0 Å². The fourth-order valence-corrected chi connectivity index (χ4v) is 3.53. The van der Waals surface area contributed by atoms with E-state index in [2.05, 4.69) is 5.32 Å². The van der Waals surface area contributed by atoms with Crippen molar-refractivity contribution in [2.75, 3.05) is 0 Å². The van der Waals surface area contributed by atoms with E-state index in [1.165, 1.54) is 12.1 Å². The first-order valence-electron chi connectivity index (χ1n) is 9.70. The number of benzene rings is 2. The van der Waals surface area contributed by atoms with Crippen LogP contribution in [0.5, 0.6) is 0 Å². The summed E-state index contributed by atoms with van der Waals surface area (Å²) >= 11 is 0. The molecular weight excluding hydrogens is 407 g/mol. The normalized spacial score (nSPS) is 18.8. The smallest absolute Gasteiger partial charge is 0.350 e. The Morgan fingerprint density at radius 3 is 2.32 bits per heavy atom. The van der Waals surface area contributed by atoms with E-state index in [0.29, 0.717) is 11.1 Å². The zero-order valence-electron chi connectivity index (χ0n) is 17.3. The standard InChI is InChI=1S/C24H22F3NO3/c1-22(2,3)28-21(31)23(14-16-7-4-5-10-18(16)20(23)30)12-11-19(29)15-8-6-9-17(13-15)24(25,26)27/h4-13H,14H2,1-3H3,(H,28,31)/b12-11+.